The second kappa shape index (κ2) is 5.43. The number of nitrogens with one attached hydrogen (secondary N) is 1. The summed E-state index contributed by atoms with van der Waals surface area (Å²) in [4.78, 5) is 11.0. The van der Waals surface area contributed by atoms with E-state index in [1.807, 2.05) is 6.07 Å². The lowest BCUT2D eigenvalue weighted by Crippen LogP contribution is -2.01. The van der Waals surface area contributed by atoms with E-state index in [0.29, 0.717) is 5.56 Å². The fraction of sp³-hybridized carbons (Fsp3) is 0.222. The molecule has 0 spiro atoms. The van der Waals surface area contributed by atoms with Crippen molar-refractivity contribution < 1.29 is 9.53 Å². The molecule has 13 heavy (non-hydrogen) atoms. The van der Waals surface area contributed by atoms with E-state index in [2.05, 4.69) is 10.1 Å². The van der Waals surface area contributed by atoms with Crippen molar-refractivity contribution in [2.24, 2.45) is 0 Å². The summed E-state index contributed by atoms with van der Waals surface area (Å²) in [6.07, 6.45) is 0. The summed E-state index contributed by atoms with van der Waals surface area (Å²) in [6, 6.07) is 7.14. The minimum absolute atomic E-state index is 0. The molecule has 0 aliphatic heterocycles. The van der Waals surface area contributed by atoms with Crippen molar-refractivity contribution in [1.82, 2.24) is 0 Å². The molecule has 0 atom stereocenters. The van der Waals surface area contributed by atoms with Crippen LogP contribution in [0.4, 0.5) is 5.69 Å². The van der Waals surface area contributed by atoms with Crippen LogP contribution >= 0.6 is 12.4 Å². The van der Waals surface area contributed by atoms with Gasteiger partial charge in [0.1, 0.15) is 0 Å². The first-order valence-corrected chi connectivity index (χ1v) is 3.64. The molecule has 72 valence electrons. The average molecular weight is 202 g/mol. The molecule has 0 aliphatic rings. The number of halogens is 1. The molecule has 0 saturated carbocycles. The van der Waals surface area contributed by atoms with Gasteiger partial charge in [-0.2, -0.15) is 0 Å². The highest BCUT2D eigenvalue weighted by atomic mass is 35.5. The molecule has 3 nitrogen and oxygen atoms in total. The molecule has 0 saturated heterocycles. The van der Waals surface area contributed by atoms with E-state index in [-0.39, 0.29) is 18.4 Å². The monoisotopic (exact) mass is 201 g/mol. The summed E-state index contributed by atoms with van der Waals surface area (Å²) in [7, 11) is 3.17. The van der Waals surface area contributed by atoms with Gasteiger partial charge in [0.15, 0.2) is 0 Å². The number of benzene rings is 1. The van der Waals surface area contributed by atoms with Gasteiger partial charge in [-0.05, 0) is 18.2 Å². The van der Waals surface area contributed by atoms with Gasteiger partial charge >= 0.3 is 5.97 Å². The minimum atomic E-state index is -0.313. The van der Waals surface area contributed by atoms with Crippen molar-refractivity contribution in [3.05, 3.63) is 29.8 Å². The fourth-order valence-electron chi connectivity index (χ4n) is 0.920. The highest BCUT2D eigenvalue weighted by molar-refractivity contribution is 5.90. The van der Waals surface area contributed by atoms with Crippen LogP contribution in [0.2, 0.25) is 0 Å². The summed E-state index contributed by atoms with van der Waals surface area (Å²) in [5.41, 5.74) is 1.46. The van der Waals surface area contributed by atoms with E-state index in [1.54, 1.807) is 25.2 Å². The average Bonchev–Trinajstić information content (AvgIpc) is 2.17. The highest BCUT2D eigenvalue weighted by Crippen LogP contribution is 2.10. The van der Waals surface area contributed by atoms with Gasteiger partial charge in [0.2, 0.25) is 0 Å². The Balaban J connectivity index is 0.00000144. The molecule has 0 bridgehead atoms. The Morgan fingerprint density at radius 2 is 2.15 bits per heavy atom. The number of hydrogen-bond acceptors (Lipinski definition) is 3. The number of esters is 1. The van der Waals surface area contributed by atoms with Gasteiger partial charge in [0, 0.05) is 12.7 Å². The van der Waals surface area contributed by atoms with E-state index in [4.69, 9.17) is 0 Å². The maximum atomic E-state index is 11.0. The maximum Gasteiger partial charge on any atom is 0.337 e. The lowest BCUT2D eigenvalue weighted by molar-refractivity contribution is 0.0601. The van der Waals surface area contributed by atoms with Crippen LogP contribution in [0.3, 0.4) is 0 Å². The minimum Gasteiger partial charge on any atom is -0.465 e. The topological polar surface area (TPSA) is 38.3 Å². The van der Waals surface area contributed by atoms with Crippen LogP contribution in [0, 0.1) is 0 Å². The molecule has 1 aromatic carbocycles. The number of carbonyl (C=O) groups is 1. The van der Waals surface area contributed by atoms with Crippen LogP contribution in [0.1, 0.15) is 10.4 Å². The Kier molecular flexibility index (Phi) is 4.92. The molecule has 0 radical (unpaired) electrons. The van der Waals surface area contributed by atoms with Crippen molar-refractivity contribution in [3.63, 3.8) is 0 Å². The third kappa shape index (κ3) is 2.95. The van der Waals surface area contributed by atoms with Gasteiger partial charge in [0.05, 0.1) is 12.7 Å². The Bertz CT molecular complexity index is 289. The first-order valence-electron chi connectivity index (χ1n) is 3.64. The van der Waals surface area contributed by atoms with Crippen molar-refractivity contribution in [1.29, 1.82) is 0 Å². The SMILES string of the molecule is CNc1cccc(C(=O)OC)c1.Cl. The number of carbonyl (C=O) groups excluding carboxylic acids is 1. The van der Waals surface area contributed by atoms with Crippen molar-refractivity contribution in [2.75, 3.05) is 19.5 Å². The van der Waals surface area contributed by atoms with E-state index >= 15 is 0 Å². The molecular weight excluding hydrogens is 190 g/mol. The van der Waals surface area contributed by atoms with Crippen LogP contribution in [0.15, 0.2) is 24.3 Å². The molecule has 0 fully saturated rings. The van der Waals surface area contributed by atoms with E-state index in [1.165, 1.54) is 7.11 Å². The molecule has 1 N–H and O–H groups in total. The van der Waals surface area contributed by atoms with Crippen LogP contribution in [-0.4, -0.2) is 20.1 Å². The molecule has 0 unspecified atom stereocenters. The first kappa shape index (κ1) is 11.8. The lowest BCUT2D eigenvalue weighted by Gasteiger charge is -2.02. The normalized spacial score (nSPS) is 8.46. The quantitative estimate of drug-likeness (QED) is 0.744. The van der Waals surface area contributed by atoms with Crippen LogP contribution in [0.5, 0.6) is 0 Å². The fourth-order valence-corrected chi connectivity index (χ4v) is 0.920. The van der Waals surface area contributed by atoms with Crippen molar-refractivity contribution >= 4 is 24.1 Å². The summed E-state index contributed by atoms with van der Waals surface area (Å²) in [6.45, 7) is 0. The van der Waals surface area contributed by atoms with Gasteiger partial charge < -0.3 is 10.1 Å². The van der Waals surface area contributed by atoms with Gasteiger partial charge in [-0.25, -0.2) is 4.79 Å². The third-order valence-electron chi connectivity index (χ3n) is 1.57. The number of rotatable bonds is 2. The van der Waals surface area contributed by atoms with Gasteiger partial charge in [-0.15, -0.1) is 12.4 Å². The Morgan fingerprint density at radius 1 is 1.46 bits per heavy atom. The van der Waals surface area contributed by atoms with Crippen molar-refractivity contribution in [2.45, 2.75) is 0 Å². The third-order valence-corrected chi connectivity index (χ3v) is 1.57. The number of anilines is 1. The smallest absolute Gasteiger partial charge is 0.337 e. The number of ether oxygens (including phenoxy) is 1. The molecule has 0 amide bonds. The largest absolute Gasteiger partial charge is 0.465 e. The summed E-state index contributed by atoms with van der Waals surface area (Å²) < 4.78 is 4.57. The highest BCUT2D eigenvalue weighted by Gasteiger charge is 2.03. The number of methoxy groups -OCH3 is 1. The predicted octanol–water partition coefficient (Wildman–Crippen LogP) is 1.94. The van der Waals surface area contributed by atoms with Crippen LogP contribution in [0.25, 0.3) is 0 Å². The standard InChI is InChI=1S/C9H11NO2.ClH/c1-10-8-5-3-4-7(6-8)9(11)12-2;/h3-6,10H,1-2H3;1H. The molecular formula is C9H12ClNO2. The van der Waals surface area contributed by atoms with Crippen LogP contribution < -0.4 is 5.32 Å². The van der Waals surface area contributed by atoms with Crippen LogP contribution in [-0.2, 0) is 4.74 Å². The molecule has 1 aromatic rings. The van der Waals surface area contributed by atoms with Crippen molar-refractivity contribution in [3.8, 4) is 0 Å². The summed E-state index contributed by atoms with van der Waals surface area (Å²) in [5.74, 6) is -0.313. The first-order chi connectivity index (χ1) is 5.77. The second-order valence-corrected chi connectivity index (χ2v) is 2.32. The van der Waals surface area contributed by atoms with E-state index in [9.17, 15) is 4.79 Å². The second-order valence-electron chi connectivity index (χ2n) is 2.32. The predicted molar refractivity (Wildman–Crippen MR) is 54.6 cm³/mol. The zero-order valence-corrected chi connectivity index (χ0v) is 8.35. The zero-order valence-electron chi connectivity index (χ0n) is 7.53. The molecule has 4 heteroatoms. The molecule has 1 rings (SSSR count). The van der Waals surface area contributed by atoms with Gasteiger partial charge in [-0.3, -0.25) is 0 Å². The maximum absolute atomic E-state index is 11.0. The molecule has 0 aliphatic carbocycles. The van der Waals surface area contributed by atoms with Gasteiger partial charge in [0.25, 0.3) is 0 Å². The molecule has 0 heterocycles. The Labute approximate surface area is 83.5 Å². The summed E-state index contributed by atoms with van der Waals surface area (Å²) >= 11 is 0. The molecule has 0 aromatic heterocycles. The Hall–Kier alpha value is -1.22. The number of hydrogen-bond donors (Lipinski definition) is 1. The van der Waals surface area contributed by atoms with E-state index < -0.39 is 0 Å². The summed E-state index contributed by atoms with van der Waals surface area (Å²) in [5, 5.41) is 2.94. The van der Waals surface area contributed by atoms with E-state index in [0.717, 1.165) is 5.69 Å². The van der Waals surface area contributed by atoms with Gasteiger partial charge in [-0.1, -0.05) is 6.07 Å². The zero-order chi connectivity index (χ0) is 8.97. The Morgan fingerprint density at radius 3 is 2.69 bits per heavy atom. The lowest BCUT2D eigenvalue weighted by atomic mass is 10.2.